The van der Waals surface area contributed by atoms with Crippen LogP contribution in [0.15, 0.2) is 24.3 Å². The van der Waals surface area contributed by atoms with Crippen molar-refractivity contribution in [2.75, 3.05) is 0 Å². The molecular weight excluding hydrogens is 344 g/mol. The minimum atomic E-state index is -0.806. The first kappa shape index (κ1) is 21.4. The van der Waals surface area contributed by atoms with Crippen LogP contribution in [0.2, 0.25) is 0 Å². The summed E-state index contributed by atoms with van der Waals surface area (Å²) < 4.78 is 20.6. The Morgan fingerprint density at radius 2 is 1.77 bits per heavy atom. The van der Waals surface area contributed by atoms with Gasteiger partial charge in [-0.3, -0.25) is 14.4 Å². The molecule has 1 aliphatic heterocycles. The first-order valence-corrected chi connectivity index (χ1v) is 8.24. The molecule has 0 saturated heterocycles. The minimum absolute atomic E-state index is 0.0839. The molecule has 0 aromatic heterocycles. The molecule has 0 spiro atoms. The molecule has 4 atom stereocenters. The van der Waals surface area contributed by atoms with Crippen molar-refractivity contribution in [3.8, 4) is 0 Å². The van der Waals surface area contributed by atoms with Gasteiger partial charge >= 0.3 is 23.9 Å². The van der Waals surface area contributed by atoms with Gasteiger partial charge in [0.1, 0.15) is 24.4 Å². The fraction of sp³-hybridized carbons (Fsp3) is 0.556. The van der Waals surface area contributed by atoms with E-state index >= 15 is 0 Å². The highest BCUT2D eigenvalue weighted by Gasteiger charge is 2.27. The molecule has 1 heterocycles. The molecule has 1 rings (SSSR count). The third kappa shape index (κ3) is 8.46. The van der Waals surface area contributed by atoms with Crippen molar-refractivity contribution in [2.45, 2.75) is 65.0 Å². The first-order valence-electron chi connectivity index (χ1n) is 8.24. The molecule has 0 radical (unpaired) electrons. The summed E-state index contributed by atoms with van der Waals surface area (Å²) in [4.78, 5) is 45.1. The Morgan fingerprint density at radius 3 is 2.31 bits per heavy atom. The normalized spacial score (nSPS) is 20.0. The molecular formula is C18H24O8. The van der Waals surface area contributed by atoms with Crippen molar-refractivity contribution in [3.05, 3.63) is 24.3 Å². The second kappa shape index (κ2) is 10.4. The lowest BCUT2D eigenvalue weighted by Gasteiger charge is -2.26. The lowest BCUT2D eigenvalue weighted by Crippen LogP contribution is -2.36. The third-order valence-electron chi connectivity index (χ3n) is 3.40. The second-order valence-electron chi connectivity index (χ2n) is 5.84. The predicted molar refractivity (Wildman–Crippen MR) is 89.7 cm³/mol. The van der Waals surface area contributed by atoms with E-state index in [4.69, 9.17) is 18.9 Å². The Bertz CT molecular complexity index is 592. The van der Waals surface area contributed by atoms with Gasteiger partial charge in [0.2, 0.25) is 0 Å². The second-order valence-corrected chi connectivity index (χ2v) is 5.84. The molecule has 8 nitrogen and oxygen atoms in total. The summed E-state index contributed by atoms with van der Waals surface area (Å²) in [6.45, 7) is 5.31. The van der Waals surface area contributed by atoms with E-state index in [1.807, 2.05) is 0 Å². The van der Waals surface area contributed by atoms with Gasteiger partial charge in [0, 0.05) is 39.7 Å². The Morgan fingerprint density at radius 1 is 1.15 bits per heavy atom. The molecule has 0 aliphatic carbocycles. The molecule has 0 unspecified atom stereocenters. The highest BCUT2D eigenvalue weighted by atomic mass is 16.6. The lowest BCUT2D eigenvalue weighted by atomic mass is 10.1. The SMILES string of the molecule is CC(=O)O[C@H](/C=C\[C@H]1CC=CC(=O)O1)C[C@@H](OC(C)=O)[C@H](C)OC(C)=O. The van der Waals surface area contributed by atoms with Crippen molar-refractivity contribution in [3.63, 3.8) is 0 Å². The van der Waals surface area contributed by atoms with E-state index in [2.05, 4.69) is 0 Å². The minimum Gasteiger partial charge on any atom is -0.459 e. The zero-order valence-electron chi connectivity index (χ0n) is 15.3. The van der Waals surface area contributed by atoms with Crippen LogP contribution in [-0.2, 0) is 38.1 Å². The summed E-state index contributed by atoms with van der Waals surface area (Å²) >= 11 is 0. The Kier molecular flexibility index (Phi) is 8.54. The van der Waals surface area contributed by atoms with Crippen LogP contribution in [0.1, 0.15) is 40.5 Å². The van der Waals surface area contributed by atoms with Crippen LogP contribution in [0.4, 0.5) is 0 Å². The van der Waals surface area contributed by atoms with E-state index in [0.29, 0.717) is 6.42 Å². The summed E-state index contributed by atoms with van der Waals surface area (Å²) in [5.74, 6) is -2.04. The lowest BCUT2D eigenvalue weighted by molar-refractivity contribution is -0.167. The maximum Gasteiger partial charge on any atom is 0.331 e. The number of rotatable bonds is 8. The molecule has 0 fully saturated rings. The van der Waals surface area contributed by atoms with E-state index in [1.54, 1.807) is 25.2 Å². The van der Waals surface area contributed by atoms with Crippen LogP contribution in [0.25, 0.3) is 0 Å². The van der Waals surface area contributed by atoms with Crippen molar-refractivity contribution in [1.29, 1.82) is 0 Å². The van der Waals surface area contributed by atoms with E-state index in [9.17, 15) is 19.2 Å². The van der Waals surface area contributed by atoms with Gasteiger partial charge in [-0.25, -0.2) is 4.79 Å². The fourth-order valence-electron chi connectivity index (χ4n) is 2.40. The van der Waals surface area contributed by atoms with Gasteiger partial charge in [-0.1, -0.05) is 6.08 Å². The summed E-state index contributed by atoms with van der Waals surface area (Å²) in [5.41, 5.74) is 0. The molecule has 0 aromatic rings. The Hall–Kier alpha value is -2.64. The Balaban J connectivity index is 2.84. The molecule has 1 aliphatic rings. The summed E-state index contributed by atoms with van der Waals surface area (Å²) in [6, 6.07) is 0. The molecule has 0 N–H and O–H groups in total. The number of ether oxygens (including phenoxy) is 4. The molecule has 0 saturated carbocycles. The molecule has 26 heavy (non-hydrogen) atoms. The topological polar surface area (TPSA) is 105 Å². The van der Waals surface area contributed by atoms with Gasteiger partial charge < -0.3 is 18.9 Å². The van der Waals surface area contributed by atoms with Crippen molar-refractivity contribution in [2.24, 2.45) is 0 Å². The summed E-state index contributed by atoms with van der Waals surface area (Å²) in [6.07, 6.45) is 4.04. The number of esters is 4. The van der Waals surface area contributed by atoms with Gasteiger partial charge in [0.25, 0.3) is 0 Å². The number of hydrogen-bond acceptors (Lipinski definition) is 8. The summed E-state index contributed by atoms with van der Waals surface area (Å²) in [5, 5.41) is 0. The van der Waals surface area contributed by atoms with Crippen LogP contribution in [-0.4, -0.2) is 48.3 Å². The van der Waals surface area contributed by atoms with E-state index in [-0.39, 0.29) is 6.42 Å². The van der Waals surface area contributed by atoms with Crippen molar-refractivity contribution < 1.29 is 38.1 Å². The van der Waals surface area contributed by atoms with Crippen LogP contribution >= 0.6 is 0 Å². The monoisotopic (exact) mass is 368 g/mol. The van der Waals surface area contributed by atoms with Crippen LogP contribution < -0.4 is 0 Å². The van der Waals surface area contributed by atoms with Crippen LogP contribution in [0.3, 0.4) is 0 Å². The highest BCUT2D eigenvalue weighted by Crippen LogP contribution is 2.17. The van der Waals surface area contributed by atoms with Gasteiger partial charge in [0.05, 0.1) is 0 Å². The first-order chi connectivity index (χ1) is 12.2. The van der Waals surface area contributed by atoms with Gasteiger partial charge in [-0.05, 0) is 19.1 Å². The maximum absolute atomic E-state index is 11.4. The molecule has 0 aromatic carbocycles. The number of carbonyl (C=O) groups is 4. The smallest absolute Gasteiger partial charge is 0.331 e. The fourth-order valence-corrected chi connectivity index (χ4v) is 2.40. The molecule has 144 valence electrons. The number of cyclic esters (lactones) is 1. The van der Waals surface area contributed by atoms with Gasteiger partial charge in [-0.15, -0.1) is 0 Å². The number of hydrogen-bond donors (Lipinski definition) is 0. The maximum atomic E-state index is 11.4. The predicted octanol–water partition coefficient (Wildman–Crippen LogP) is 1.62. The van der Waals surface area contributed by atoms with Crippen LogP contribution in [0.5, 0.6) is 0 Å². The number of carbonyl (C=O) groups excluding carboxylic acids is 4. The molecule has 8 heteroatoms. The third-order valence-corrected chi connectivity index (χ3v) is 3.40. The molecule has 0 amide bonds. The zero-order valence-corrected chi connectivity index (χ0v) is 15.3. The quantitative estimate of drug-likeness (QED) is 0.361. The van der Waals surface area contributed by atoms with E-state index in [1.165, 1.54) is 26.8 Å². The molecule has 0 bridgehead atoms. The van der Waals surface area contributed by atoms with E-state index in [0.717, 1.165) is 0 Å². The standard InChI is InChI=1S/C18H24O8/c1-11(23-12(2)19)17(25-14(4)21)10-16(24-13(3)20)9-8-15-6-5-7-18(22)26-15/h5,7-9,11,15-17H,6,10H2,1-4H3/b9-8-/t11-,15+,16+,17+/m0/s1. The average molecular weight is 368 g/mol. The summed E-state index contributed by atoms with van der Waals surface area (Å²) in [7, 11) is 0. The largest absolute Gasteiger partial charge is 0.459 e. The Labute approximate surface area is 152 Å². The van der Waals surface area contributed by atoms with E-state index < -0.39 is 48.3 Å². The average Bonchev–Trinajstić information content (AvgIpc) is 2.50. The van der Waals surface area contributed by atoms with Gasteiger partial charge in [-0.2, -0.15) is 0 Å². The van der Waals surface area contributed by atoms with Gasteiger partial charge in [0.15, 0.2) is 0 Å². The highest BCUT2D eigenvalue weighted by molar-refractivity contribution is 5.82. The van der Waals surface area contributed by atoms with Crippen LogP contribution in [0, 0.1) is 0 Å². The van der Waals surface area contributed by atoms with Crippen molar-refractivity contribution >= 4 is 23.9 Å². The zero-order chi connectivity index (χ0) is 19.7. The van der Waals surface area contributed by atoms with Crippen molar-refractivity contribution in [1.82, 2.24) is 0 Å².